The summed E-state index contributed by atoms with van der Waals surface area (Å²) in [5.41, 5.74) is 2.71. The van der Waals surface area contributed by atoms with Crippen LogP contribution >= 0.6 is 31.9 Å². The molecule has 5 heteroatoms. The van der Waals surface area contributed by atoms with E-state index in [1.807, 2.05) is 6.07 Å². The van der Waals surface area contributed by atoms with Crippen molar-refractivity contribution in [2.24, 2.45) is 11.8 Å². The fraction of sp³-hybridized carbons (Fsp3) is 0.684. The van der Waals surface area contributed by atoms with Gasteiger partial charge in [0.15, 0.2) is 11.5 Å². The van der Waals surface area contributed by atoms with Gasteiger partial charge in [0.25, 0.3) is 0 Å². The fourth-order valence-corrected chi connectivity index (χ4v) is 7.46. The van der Waals surface area contributed by atoms with Gasteiger partial charge in [-0.2, -0.15) is 0 Å². The third-order valence-corrected chi connectivity index (χ3v) is 8.68. The molecule has 6 unspecified atom stereocenters. The molecule has 5 rings (SSSR count). The van der Waals surface area contributed by atoms with E-state index in [0.717, 1.165) is 41.2 Å². The summed E-state index contributed by atoms with van der Waals surface area (Å²) in [5.74, 6) is 3.01. The average molecular weight is 458 g/mol. The summed E-state index contributed by atoms with van der Waals surface area (Å²) < 4.78 is 13.3. The van der Waals surface area contributed by atoms with E-state index in [1.54, 1.807) is 7.11 Å². The number of ether oxygens (including phenoxy) is 2. The first-order valence-corrected chi connectivity index (χ1v) is 10.7. The molecule has 3 nitrogen and oxygen atoms in total. The van der Waals surface area contributed by atoms with Crippen molar-refractivity contribution in [1.29, 1.82) is 0 Å². The monoisotopic (exact) mass is 456 g/mol. The van der Waals surface area contributed by atoms with E-state index >= 15 is 0 Å². The Hall–Kier alpha value is -0.260. The van der Waals surface area contributed by atoms with E-state index in [-0.39, 0.29) is 16.3 Å². The lowest BCUT2D eigenvalue weighted by atomic mass is 9.52. The largest absolute Gasteiger partial charge is 0.493 e. The normalized spacial score (nSPS) is 42.1. The Morgan fingerprint density at radius 2 is 2.21 bits per heavy atom. The van der Waals surface area contributed by atoms with Crippen LogP contribution in [0.25, 0.3) is 0 Å². The van der Waals surface area contributed by atoms with Crippen LogP contribution in [0.4, 0.5) is 0 Å². The molecule has 3 aliphatic carbocycles. The molecule has 24 heavy (non-hydrogen) atoms. The molecule has 0 radical (unpaired) electrons. The van der Waals surface area contributed by atoms with Gasteiger partial charge in [0.2, 0.25) is 0 Å². The summed E-state index contributed by atoms with van der Waals surface area (Å²) in [5, 5.41) is 11.0. The van der Waals surface area contributed by atoms with Gasteiger partial charge in [0.05, 0.1) is 7.11 Å². The summed E-state index contributed by atoms with van der Waals surface area (Å²) in [7, 11) is 1.70. The number of benzene rings is 1. The first-order chi connectivity index (χ1) is 11.6. The second-order valence-corrected chi connectivity index (χ2v) is 9.89. The van der Waals surface area contributed by atoms with Crippen molar-refractivity contribution in [2.45, 2.75) is 61.0 Å². The summed E-state index contributed by atoms with van der Waals surface area (Å²) in [6.45, 7) is 0. The molecule has 1 heterocycles. The van der Waals surface area contributed by atoms with Gasteiger partial charge in [-0.1, -0.05) is 44.7 Å². The number of aliphatic hydroxyl groups is 1. The number of rotatable bonds is 1. The average Bonchev–Trinajstić information content (AvgIpc) is 2.88. The van der Waals surface area contributed by atoms with Gasteiger partial charge in [-0.3, -0.25) is 0 Å². The maximum absolute atomic E-state index is 11.0. The third kappa shape index (κ3) is 1.82. The molecule has 6 atom stereocenters. The van der Waals surface area contributed by atoms with Crippen LogP contribution in [0.5, 0.6) is 11.5 Å². The molecule has 2 bridgehead atoms. The number of halogens is 2. The maximum Gasteiger partial charge on any atom is 0.166 e. The Labute approximate surface area is 159 Å². The molecular weight excluding hydrogens is 436 g/mol. The smallest absolute Gasteiger partial charge is 0.166 e. The molecule has 1 aromatic carbocycles. The molecule has 4 aliphatic rings. The van der Waals surface area contributed by atoms with Gasteiger partial charge >= 0.3 is 0 Å². The van der Waals surface area contributed by atoms with Crippen molar-refractivity contribution >= 4 is 31.9 Å². The standard InChI is InChI=1S/C19H22Br2O3/c1-23-14-8-12(20)10-5-4-9-3-2-6-19-11(9)7-13(21)16(22)18(19)24-17(14)15(10)19/h8-9,11,13,16,18,22H,2-7H2,1H3. The summed E-state index contributed by atoms with van der Waals surface area (Å²) in [4.78, 5) is 0.117. The van der Waals surface area contributed by atoms with E-state index in [0.29, 0.717) is 5.92 Å². The lowest BCUT2D eigenvalue weighted by Crippen LogP contribution is -2.60. The van der Waals surface area contributed by atoms with Gasteiger partial charge in [-0.25, -0.2) is 0 Å². The highest BCUT2D eigenvalue weighted by molar-refractivity contribution is 9.10. The zero-order chi connectivity index (χ0) is 16.6. The second kappa shape index (κ2) is 5.37. The quantitative estimate of drug-likeness (QED) is 0.637. The fourth-order valence-electron chi connectivity index (χ4n) is 6.18. The topological polar surface area (TPSA) is 38.7 Å². The van der Waals surface area contributed by atoms with Crippen molar-refractivity contribution in [1.82, 2.24) is 0 Å². The first kappa shape index (κ1) is 16.0. The van der Waals surface area contributed by atoms with Crippen LogP contribution in [0.15, 0.2) is 10.5 Å². The number of methoxy groups -OCH3 is 1. The molecule has 1 aromatic rings. The molecule has 2 saturated carbocycles. The molecule has 130 valence electrons. The highest BCUT2D eigenvalue weighted by atomic mass is 79.9. The van der Waals surface area contributed by atoms with Crippen LogP contribution in [0.1, 0.15) is 43.2 Å². The van der Waals surface area contributed by atoms with Gasteiger partial charge in [0, 0.05) is 20.3 Å². The van der Waals surface area contributed by atoms with Gasteiger partial charge in [-0.15, -0.1) is 0 Å². The van der Waals surface area contributed by atoms with E-state index in [1.165, 1.54) is 30.4 Å². The molecular formula is C19H22Br2O3. The number of hydrogen-bond acceptors (Lipinski definition) is 3. The van der Waals surface area contributed by atoms with E-state index in [2.05, 4.69) is 31.9 Å². The Balaban J connectivity index is 1.82. The van der Waals surface area contributed by atoms with E-state index in [4.69, 9.17) is 9.47 Å². The van der Waals surface area contributed by atoms with Crippen LogP contribution in [-0.2, 0) is 11.8 Å². The van der Waals surface area contributed by atoms with Crippen molar-refractivity contribution in [3.8, 4) is 11.5 Å². The molecule has 1 spiro atoms. The van der Waals surface area contributed by atoms with E-state index in [9.17, 15) is 5.11 Å². The van der Waals surface area contributed by atoms with Gasteiger partial charge < -0.3 is 14.6 Å². The highest BCUT2D eigenvalue weighted by Crippen LogP contribution is 2.66. The molecule has 0 saturated heterocycles. The van der Waals surface area contributed by atoms with E-state index < -0.39 is 6.10 Å². The molecule has 0 amide bonds. The SMILES string of the molecule is COc1cc(Br)c2c3c1OC1C(O)C(Br)CC4C(CCCC341)CC2. The minimum absolute atomic E-state index is 0.0369. The van der Waals surface area contributed by atoms with Crippen LogP contribution in [-0.4, -0.2) is 29.3 Å². The maximum atomic E-state index is 11.0. The minimum atomic E-state index is -0.471. The Kier molecular flexibility index (Phi) is 3.57. The van der Waals surface area contributed by atoms with Crippen molar-refractivity contribution in [3.05, 3.63) is 21.7 Å². The van der Waals surface area contributed by atoms with Crippen LogP contribution in [0, 0.1) is 11.8 Å². The van der Waals surface area contributed by atoms with Crippen molar-refractivity contribution in [2.75, 3.05) is 7.11 Å². The summed E-state index contributed by atoms with van der Waals surface area (Å²) in [6.07, 6.45) is 6.41. The third-order valence-electron chi connectivity index (χ3n) is 7.06. The van der Waals surface area contributed by atoms with Crippen molar-refractivity contribution in [3.63, 3.8) is 0 Å². The molecule has 0 aromatic heterocycles. The zero-order valence-electron chi connectivity index (χ0n) is 13.7. The second-order valence-electron chi connectivity index (χ2n) is 7.86. The summed E-state index contributed by atoms with van der Waals surface area (Å²) >= 11 is 7.54. The van der Waals surface area contributed by atoms with Crippen LogP contribution < -0.4 is 9.47 Å². The first-order valence-electron chi connectivity index (χ1n) is 8.96. The Morgan fingerprint density at radius 3 is 3.00 bits per heavy atom. The minimum Gasteiger partial charge on any atom is -0.493 e. The van der Waals surface area contributed by atoms with Crippen LogP contribution in [0.3, 0.4) is 0 Å². The number of aliphatic hydroxyl groups excluding tert-OH is 1. The lowest BCUT2D eigenvalue weighted by molar-refractivity contribution is -0.0762. The molecule has 2 fully saturated rings. The predicted octanol–water partition coefficient (Wildman–Crippen LogP) is 4.35. The van der Waals surface area contributed by atoms with Crippen LogP contribution in [0.2, 0.25) is 0 Å². The number of hydrogen-bond donors (Lipinski definition) is 1. The molecule has 1 aliphatic heterocycles. The summed E-state index contributed by atoms with van der Waals surface area (Å²) in [6, 6.07) is 2.05. The van der Waals surface area contributed by atoms with Gasteiger partial charge in [0.1, 0.15) is 12.2 Å². The van der Waals surface area contributed by atoms with Crippen molar-refractivity contribution < 1.29 is 14.6 Å². The Morgan fingerprint density at radius 1 is 1.38 bits per heavy atom. The Bertz CT molecular complexity index is 706. The lowest BCUT2D eigenvalue weighted by Gasteiger charge is -2.53. The predicted molar refractivity (Wildman–Crippen MR) is 99.3 cm³/mol. The zero-order valence-corrected chi connectivity index (χ0v) is 16.9. The highest BCUT2D eigenvalue weighted by Gasteiger charge is 2.65. The molecule has 1 N–H and O–H groups in total. The van der Waals surface area contributed by atoms with Gasteiger partial charge in [-0.05, 0) is 49.1 Å². The number of alkyl halides is 1.